The van der Waals surface area contributed by atoms with Crippen LogP contribution in [-0.2, 0) is 68.7 Å². The van der Waals surface area contributed by atoms with Gasteiger partial charge in [-0.2, -0.15) is 0 Å². The Morgan fingerprint density at radius 2 is 0.962 bits per heavy atom. The maximum absolute atomic E-state index is 15.5. The molecule has 29 heteroatoms. The molecule has 4 aliphatic rings. The lowest BCUT2D eigenvalue weighted by molar-refractivity contribution is -0.149. The Balaban J connectivity index is 1.73. The molecule has 4 aliphatic heterocycles. The van der Waals surface area contributed by atoms with E-state index in [4.69, 9.17) is 4.74 Å². The number of fused-ring (bicyclic) bond motifs is 1. The van der Waals surface area contributed by atoms with Gasteiger partial charge in [-0.15, -0.1) is 0 Å². The third-order valence-electron chi connectivity index (χ3n) is 20.4. The number of likely N-dealkylation sites (tertiary alicyclic amines) is 2. The number of benzene rings is 1. The number of aliphatic hydroxyl groups is 1. The Morgan fingerprint density at radius 3 is 1.42 bits per heavy atom. The summed E-state index contributed by atoms with van der Waals surface area (Å²) >= 11 is 0. The number of alkyl halides is 2. The van der Waals surface area contributed by atoms with E-state index < -0.39 is 187 Å². The van der Waals surface area contributed by atoms with Gasteiger partial charge in [0.05, 0.1) is 24.7 Å². The smallest absolute Gasteiger partial charge is 0.250 e. The van der Waals surface area contributed by atoms with Crippen LogP contribution in [-0.4, -0.2) is 268 Å². The molecule has 4 fully saturated rings. The van der Waals surface area contributed by atoms with Crippen LogP contribution >= 0.6 is 0 Å². The number of carbonyl (C=O) groups is 12. The van der Waals surface area contributed by atoms with Crippen molar-refractivity contribution in [3.63, 3.8) is 0 Å². The minimum Gasteiger partial charge on any atom is -0.391 e. The predicted molar refractivity (Wildman–Crippen MR) is 398 cm³/mol. The number of carbonyl (C=O) groups excluding carboxylic acids is 12. The summed E-state index contributed by atoms with van der Waals surface area (Å²) in [6.45, 7) is 26.3. The first-order valence-electron chi connectivity index (χ1n) is 38.4. The van der Waals surface area contributed by atoms with E-state index in [0.717, 1.165) is 6.42 Å². The first-order valence-corrected chi connectivity index (χ1v) is 38.4. The Kier molecular flexibility index (Phi) is 33.8. The van der Waals surface area contributed by atoms with Crippen molar-refractivity contribution in [3.8, 4) is 0 Å². The fourth-order valence-electron chi connectivity index (χ4n) is 14.4. The second-order valence-electron chi connectivity index (χ2n) is 33.0. The normalized spacial score (nSPS) is 27.9. The van der Waals surface area contributed by atoms with Gasteiger partial charge in [0.15, 0.2) is 0 Å². The number of nitrogens with one attached hydrogen (secondary N) is 6. The lowest BCUT2D eigenvalue weighted by atomic mass is 9.97. The molecule has 0 aromatic heterocycles. The monoisotopic (exact) mass is 1500 g/mol. The van der Waals surface area contributed by atoms with Crippen molar-refractivity contribution in [1.29, 1.82) is 0 Å². The molecule has 4 heterocycles. The molecule has 5 rings (SSSR count). The molecule has 7 N–H and O–H groups in total. The minimum atomic E-state index is -2.97. The number of aliphatic hydroxyl groups excluding tert-OH is 1. The first kappa shape index (κ1) is 89.2. The molecule has 0 aliphatic carbocycles. The molecule has 12 amide bonds. The van der Waals surface area contributed by atoms with Crippen molar-refractivity contribution in [2.24, 2.45) is 29.6 Å². The average Bonchev–Trinajstić information content (AvgIpc) is 1.61. The van der Waals surface area contributed by atoms with Crippen LogP contribution in [0.25, 0.3) is 0 Å². The largest absolute Gasteiger partial charge is 0.391 e. The van der Waals surface area contributed by atoms with Crippen LogP contribution in [0.2, 0.25) is 0 Å². The molecule has 0 bridgehead atoms. The number of hydrogen-bond donors (Lipinski definition) is 7. The number of hydrogen-bond acceptors (Lipinski definition) is 15. The Morgan fingerprint density at radius 1 is 0.538 bits per heavy atom. The summed E-state index contributed by atoms with van der Waals surface area (Å²) in [5, 5.41) is 28.6. The lowest BCUT2D eigenvalue weighted by Crippen LogP contribution is -2.63. The number of rotatable bonds is 18. The van der Waals surface area contributed by atoms with E-state index in [0.29, 0.717) is 31.5 Å². The summed E-state index contributed by atoms with van der Waals surface area (Å²) in [4.78, 5) is 191. The number of likely N-dealkylation sites (N-methyl/N-ethyl adjacent to an activating group) is 4. The third kappa shape index (κ3) is 25.9. The third-order valence-corrected chi connectivity index (χ3v) is 20.4. The molecule has 1 aromatic rings. The second kappa shape index (κ2) is 40.2. The van der Waals surface area contributed by atoms with Gasteiger partial charge >= 0.3 is 0 Å². The molecule has 598 valence electrons. The van der Waals surface area contributed by atoms with Crippen LogP contribution in [0.3, 0.4) is 0 Å². The molecule has 27 nitrogen and oxygen atoms in total. The number of nitrogens with zero attached hydrogens (tertiary/aromatic N) is 7. The van der Waals surface area contributed by atoms with Crippen LogP contribution in [0, 0.1) is 29.6 Å². The van der Waals surface area contributed by atoms with Gasteiger partial charge in [0.1, 0.15) is 66.5 Å². The van der Waals surface area contributed by atoms with Crippen molar-refractivity contribution in [2.75, 3.05) is 67.5 Å². The fraction of sp³-hybridized carbons (Fsp3) is 0.766. The summed E-state index contributed by atoms with van der Waals surface area (Å²) in [5.41, 5.74) is -0.278. The topological polar surface area (TPSA) is 329 Å². The van der Waals surface area contributed by atoms with Crippen LogP contribution < -0.4 is 31.9 Å². The molecule has 13 atom stereocenters. The fourth-order valence-corrected chi connectivity index (χ4v) is 14.4. The summed E-state index contributed by atoms with van der Waals surface area (Å²) in [7, 11) is 5.57. The highest BCUT2D eigenvalue weighted by Crippen LogP contribution is 2.33. The Bertz CT molecular complexity index is 3150. The number of amides is 12. The van der Waals surface area contributed by atoms with Gasteiger partial charge in [-0.05, 0) is 127 Å². The SMILES string of the molecule is CC[C@H]1NC(=O)C[C@@H](C(=O)N2CCCCC2)NC(=O)[C@H](CC(C)C)N(C)C(=O)[C@H](Cc2ccccc2)NC(=O)[C@@H]2C[C@@H](N3CCC(F)(F)CC3)CN2C(=O)[C@H]([C@@H](C)O)NC(=O)[C@H](CC(C)C)N(C)C(=O)[C@H](CC(C)C)NC(=O)[C@H](CC(C)C)N(C)C(=O)[C@H](COC(C)(C)C)NC(=O)[C@H](CC(C)C)N(C)C1=O. The zero-order chi connectivity index (χ0) is 79.6. The minimum absolute atomic E-state index is 0.00246. The lowest BCUT2D eigenvalue weighted by Gasteiger charge is -2.37. The Hall–Kier alpha value is -7.40. The van der Waals surface area contributed by atoms with Crippen molar-refractivity contribution in [1.82, 2.24) is 66.2 Å². The highest BCUT2D eigenvalue weighted by Gasteiger charge is 2.49. The molecular weight excluding hydrogens is 1370 g/mol. The van der Waals surface area contributed by atoms with Gasteiger partial charge in [-0.3, -0.25) is 62.4 Å². The zero-order valence-corrected chi connectivity index (χ0v) is 66.6. The summed E-state index contributed by atoms with van der Waals surface area (Å²) in [6, 6.07) is -7.56. The predicted octanol–water partition coefficient (Wildman–Crippen LogP) is 4.40. The number of ether oxygens (including phenoxy) is 1. The van der Waals surface area contributed by atoms with Crippen molar-refractivity contribution >= 4 is 70.9 Å². The van der Waals surface area contributed by atoms with Gasteiger partial charge in [0.25, 0.3) is 5.92 Å². The standard InChI is InChI=1S/C77H127F2N13O14/c1-20-53-70(100)86(16)60(38-48(8)9)67(97)84-57(44-106-76(13,14)15)73(103)89(19)59(37-47(6)7)65(95)81-54(35-45(2)3)71(101)88(18)61(39-49(10)11)68(98)85-64(50(12)93)75(105)92-43-52(90-33-29-77(78,79)30-34-90)41-62(92)69(99)82-55(40-51-27-23-21-24-28-51)72(102)87(17)58(36-46(4)5)66(96)83-56(42-63(94)80-53)74(104)91-31-25-22-26-32-91/h21,23-24,27-28,45-50,52-62,64,93H,20,22,25-26,29-44H2,1-19H3,(H,80,94)(H,81,95)(H,82,99)(H,83,96)(H,84,97)(H,85,98)/t50-,52-,53-,54+,55+,56+,57+,58+,59+,60+,61+,62+,64+/m1/s1. The van der Waals surface area contributed by atoms with Crippen LogP contribution in [0.15, 0.2) is 30.3 Å². The maximum Gasteiger partial charge on any atom is 0.250 e. The van der Waals surface area contributed by atoms with Gasteiger partial charge in [0.2, 0.25) is 70.9 Å². The van der Waals surface area contributed by atoms with Gasteiger partial charge in [-0.25, -0.2) is 8.78 Å². The average molecular weight is 1500 g/mol. The summed E-state index contributed by atoms with van der Waals surface area (Å²) < 4.78 is 35.8. The molecule has 0 unspecified atom stereocenters. The molecule has 4 saturated heterocycles. The Labute approximate surface area is 627 Å². The van der Waals surface area contributed by atoms with E-state index in [2.05, 4.69) is 31.9 Å². The first-order chi connectivity index (χ1) is 49.4. The number of piperidine rings is 2. The summed E-state index contributed by atoms with van der Waals surface area (Å²) in [6.07, 6.45) is -1.26. The van der Waals surface area contributed by atoms with E-state index in [9.17, 15) is 28.3 Å². The molecule has 0 spiro atoms. The highest BCUT2D eigenvalue weighted by atomic mass is 19.3. The van der Waals surface area contributed by atoms with Crippen LogP contribution in [0.1, 0.15) is 193 Å². The second-order valence-corrected chi connectivity index (χ2v) is 33.0. The van der Waals surface area contributed by atoms with Crippen molar-refractivity contribution < 1.29 is 76.2 Å². The van der Waals surface area contributed by atoms with E-state index >= 15 is 43.2 Å². The van der Waals surface area contributed by atoms with Gasteiger partial charge in [0, 0.05) is 86.2 Å². The van der Waals surface area contributed by atoms with E-state index in [1.807, 2.05) is 69.2 Å². The van der Waals surface area contributed by atoms with Gasteiger partial charge < -0.3 is 71.1 Å². The highest BCUT2D eigenvalue weighted by molar-refractivity contribution is 6.00. The quantitative estimate of drug-likeness (QED) is 0.107. The number of halogens is 2. The van der Waals surface area contributed by atoms with E-state index in [-0.39, 0.29) is 101 Å². The molecular formula is C77H127F2N13O14. The van der Waals surface area contributed by atoms with Crippen LogP contribution in [0.5, 0.6) is 0 Å². The summed E-state index contributed by atoms with van der Waals surface area (Å²) in [5.74, 6) is -13.5. The van der Waals surface area contributed by atoms with Crippen molar-refractivity contribution in [2.45, 2.75) is 284 Å². The maximum atomic E-state index is 15.5. The van der Waals surface area contributed by atoms with E-state index in [1.54, 1.807) is 67.8 Å². The molecule has 1 aromatic carbocycles. The molecule has 0 saturated carbocycles. The molecule has 0 radical (unpaired) electrons. The zero-order valence-electron chi connectivity index (χ0n) is 66.6. The molecule has 106 heavy (non-hydrogen) atoms. The van der Waals surface area contributed by atoms with E-state index in [1.165, 1.54) is 59.6 Å². The van der Waals surface area contributed by atoms with Crippen LogP contribution in [0.4, 0.5) is 8.78 Å². The van der Waals surface area contributed by atoms with Gasteiger partial charge in [-0.1, -0.05) is 106 Å². The van der Waals surface area contributed by atoms with Crippen molar-refractivity contribution in [3.05, 3.63) is 35.9 Å².